The molecule has 5 nitrogen and oxygen atoms in total. The van der Waals surface area contributed by atoms with Crippen LogP contribution in [-0.2, 0) is 14.0 Å². The normalized spacial score (nSPS) is 30.0. The molecule has 1 aliphatic carbocycles. The van der Waals surface area contributed by atoms with Crippen molar-refractivity contribution in [2.45, 2.75) is 103 Å². The number of carbonyl (C=O) groups is 1. The third-order valence-electron chi connectivity index (χ3n) is 6.87. The number of nitrogens with zero attached hydrogens (tertiary/aromatic N) is 1. The van der Waals surface area contributed by atoms with E-state index in [1.54, 1.807) is 0 Å². The number of carbonyl (C=O) groups excluding carboxylic acids is 1. The van der Waals surface area contributed by atoms with Gasteiger partial charge in [-0.15, -0.1) is 0 Å². The third kappa shape index (κ3) is 3.91. The highest BCUT2D eigenvalue weighted by Crippen LogP contribution is 2.54. The summed E-state index contributed by atoms with van der Waals surface area (Å²) < 4.78 is 18.1. The first kappa shape index (κ1) is 20.0. The van der Waals surface area contributed by atoms with E-state index >= 15 is 0 Å². The van der Waals surface area contributed by atoms with Crippen LogP contribution >= 0.6 is 0 Å². The number of piperidine rings is 1. The van der Waals surface area contributed by atoms with Gasteiger partial charge < -0.3 is 18.9 Å². The van der Waals surface area contributed by atoms with Crippen molar-refractivity contribution < 1.29 is 18.8 Å². The Hall–Kier alpha value is -0.745. The van der Waals surface area contributed by atoms with Gasteiger partial charge in [0.1, 0.15) is 5.60 Å². The molecule has 0 bridgehead atoms. The van der Waals surface area contributed by atoms with Crippen molar-refractivity contribution in [2.75, 3.05) is 13.1 Å². The maximum Gasteiger partial charge on any atom is 0.461 e. The van der Waals surface area contributed by atoms with E-state index in [0.29, 0.717) is 11.2 Å². The van der Waals surface area contributed by atoms with E-state index < -0.39 is 5.60 Å². The lowest BCUT2D eigenvalue weighted by Gasteiger charge is -2.40. The quantitative estimate of drug-likeness (QED) is 0.635. The summed E-state index contributed by atoms with van der Waals surface area (Å²) in [4.78, 5) is 14.2. The first-order chi connectivity index (χ1) is 11.8. The molecule has 1 unspecified atom stereocenters. The first-order valence-electron chi connectivity index (χ1n) is 10.2. The minimum absolute atomic E-state index is 0.0942. The van der Waals surface area contributed by atoms with E-state index in [-0.39, 0.29) is 24.4 Å². The summed E-state index contributed by atoms with van der Waals surface area (Å²) >= 11 is 0. The fourth-order valence-corrected chi connectivity index (χ4v) is 4.51. The van der Waals surface area contributed by atoms with E-state index in [1.165, 1.54) is 6.42 Å². The zero-order valence-corrected chi connectivity index (χ0v) is 17.7. The highest BCUT2D eigenvalue weighted by molar-refractivity contribution is 6.47. The minimum Gasteiger partial charge on any atom is -0.444 e. The number of ether oxygens (including phenoxy) is 1. The Bertz CT molecular complexity index is 531. The zero-order chi connectivity index (χ0) is 19.4. The van der Waals surface area contributed by atoms with Gasteiger partial charge in [-0.2, -0.15) is 0 Å². The highest BCUT2D eigenvalue weighted by atomic mass is 16.7. The molecule has 0 aromatic rings. The van der Waals surface area contributed by atoms with E-state index in [9.17, 15) is 4.79 Å². The second-order valence-electron chi connectivity index (χ2n) is 10.6. The monoisotopic (exact) mass is 365 g/mol. The molecule has 6 heteroatoms. The second kappa shape index (κ2) is 6.40. The minimum atomic E-state index is -0.429. The predicted octanol–water partition coefficient (Wildman–Crippen LogP) is 4.65. The van der Waals surface area contributed by atoms with E-state index in [2.05, 4.69) is 27.7 Å². The van der Waals surface area contributed by atoms with E-state index in [0.717, 1.165) is 38.8 Å². The summed E-state index contributed by atoms with van der Waals surface area (Å²) in [5.74, 6) is 0.462. The number of amides is 1. The van der Waals surface area contributed by atoms with Crippen molar-refractivity contribution in [1.82, 2.24) is 4.90 Å². The Labute approximate surface area is 159 Å². The molecular weight excluding hydrogens is 329 g/mol. The second-order valence-corrected chi connectivity index (χ2v) is 10.6. The molecule has 1 amide bonds. The van der Waals surface area contributed by atoms with Gasteiger partial charge in [0.05, 0.1) is 11.2 Å². The predicted molar refractivity (Wildman–Crippen MR) is 103 cm³/mol. The molecular formula is C20H36BNO4. The first-order valence-corrected chi connectivity index (χ1v) is 10.2. The van der Waals surface area contributed by atoms with Crippen LogP contribution in [0.25, 0.3) is 0 Å². The van der Waals surface area contributed by atoms with Gasteiger partial charge in [-0.05, 0) is 85.4 Å². The Morgan fingerprint density at radius 2 is 1.58 bits per heavy atom. The molecule has 0 radical (unpaired) electrons. The molecule has 0 aromatic carbocycles. The smallest absolute Gasteiger partial charge is 0.444 e. The standard InChI is InChI=1S/C20H36BNO4/c1-17(2,3)24-16(23)22-12-10-20(11-13-22)9-8-15(14-20)21-25-18(4,5)19(6,7)26-21/h15H,8-14H2,1-7H3. The molecule has 0 N–H and O–H groups in total. The van der Waals surface area contributed by atoms with Crippen LogP contribution in [0.3, 0.4) is 0 Å². The molecule has 1 saturated carbocycles. The molecule has 2 aliphatic heterocycles. The van der Waals surface area contributed by atoms with Gasteiger partial charge in [-0.1, -0.05) is 6.42 Å². The van der Waals surface area contributed by atoms with Gasteiger partial charge in [-0.3, -0.25) is 0 Å². The summed E-state index contributed by atoms with van der Waals surface area (Å²) in [7, 11) is -0.0942. The molecule has 2 saturated heterocycles. The average molecular weight is 365 g/mol. The largest absolute Gasteiger partial charge is 0.461 e. The maximum atomic E-state index is 12.3. The van der Waals surface area contributed by atoms with E-state index in [1.807, 2.05) is 25.7 Å². The number of likely N-dealkylation sites (tertiary alicyclic amines) is 1. The van der Waals surface area contributed by atoms with Crippen molar-refractivity contribution >= 4 is 13.2 Å². The van der Waals surface area contributed by atoms with Crippen LogP contribution in [-0.4, -0.2) is 48.0 Å². The number of hydrogen-bond acceptors (Lipinski definition) is 4. The van der Waals surface area contributed by atoms with Gasteiger partial charge in [0.25, 0.3) is 0 Å². The van der Waals surface area contributed by atoms with Gasteiger partial charge >= 0.3 is 13.2 Å². The average Bonchev–Trinajstić information content (AvgIpc) is 2.97. The fraction of sp³-hybridized carbons (Fsp3) is 0.950. The van der Waals surface area contributed by atoms with E-state index in [4.69, 9.17) is 14.0 Å². The van der Waals surface area contributed by atoms with Gasteiger partial charge in [-0.25, -0.2) is 4.79 Å². The SMILES string of the molecule is CC(C)(C)OC(=O)N1CCC2(CCC(B3OC(C)(C)C(C)(C)O3)C2)CC1. The van der Waals surface area contributed by atoms with Crippen LogP contribution in [0.2, 0.25) is 5.82 Å². The van der Waals surface area contributed by atoms with Gasteiger partial charge in [0, 0.05) is 13.1 Å². The van der Waals surface area contributed by atoms with Crippen LogP contribution in [0.1, 0.15) is 80.6 Å². The molecule has 3 rings (SSSR count). The molecule has 2 heterocycles. The maximum absolute atomic E-state index is 12.3. The van der Waals surface area contributed by atoms with Crippen LogP contribution in [0.15, 0.2) is 0 Å². The lowest BCUT2D eigenvalue weighted by Crippen LogP contribution is -2.44. The van der Waals surface area contributed by atoms with Crippen molar-refractivity contribution in [3.63, 3.8) is 0 Å². The molecule has 1 atom stereocenters. The summed E-state index contributed by atoms with van der Waals surface area (Å²) in [6.07, 6.45) is 5.46. The van der Waals surface area contributed by atoms with Gasteiger partial charge in [0.2, 0.25) is 0 Å². The lowest BCUT2D eigenvalue weighted by molar-refractivity contribution is 0.00578. The van der Waals surface area contributed by atoms with Crippen molar-refractivity contribution in [2.24, 2.45) is 5.41 Å². The Morgan fingerprint density at radius 3 is 2.08 bits per heavy atom. The number of rotatable bonds is 1. The molecule has 148 valence electrons. The summed E-state index contributed by atoms with van der Waals surface area (Å²) in [6.45, 7) is 15.8. The number of hydrogen-bond donors (Lipinski definition) is 0. The highest BCUT2D eigenvalue weighted by Gasteiger charge is 2.56. The summed E-state index contributed by atoms with van der Waals surface area (Å²) in [5.41, 5.74) is -0.602. The summed E-state index contributed by atoms with van der Waals surface area (Å²) in [6, 6.07) is 0. The third-order valence-corrected chi connectivity index (χ3v) is 6.87. The molecule has 26 heavy (non-hydrogen) atoms. The van der Waals surface area contributed by atoms with Crippen LogP contribution in [0.4, 0.5) is 4.79 Å². The van der Waals surface area contributed by atoms with Crippen molar-refractivity contribution in [3.8, 4) is 0 Å². The Balaban J connectivity index is 1.55. The topological polar surface area (TPSA) is 48.0 Å². The van der Waals surface area contributed by atoms with Gasteiger partial charge in [0.15, 0.2) is 0 Å². The zero-order valence-electron chi connectivity index (χ0n) is 17.7. The molecule has 1 spiro atoms. The fourth-order valence-electron chi connectivity index (χ4n) is 4.51. The molecule has 3 aliphatic rings. The van der Waals surface area contributed by atoms with Crippen LogP contribution < -0.4 is 0 Å². The van der Waals surface area contributed by atoms with Crippen molar-refractivity contribution in [1.29, 1.82) is 0 Å². The Morgan fingerprint density at radius 1 is 1.04 bits per heavy atom. The molecule has 0 aromatic heterocycles. The van der Waals surface area contributed by atoms with Crippen LogP contribution in [0.5, 0.6) is 0 Å². The Kier molecular flexibility index (Phi) is 4.93. The lowest BCUT2D eigenvalue weighted by atomic mass is 9.67. The summed E-state index contributed by atoms with van der Waals surface area (Å²) in [5, 5.41) is 0. The van der Waals surface area contributed by atoms with Crippen LogP contribution in [0, 0.1) is 5.41 Å². The van der Waals surface area contributed by atoms with Crippen molar-refractivity contribution in [3.05, 3.63) is 0 Å². The molecule has 3 fully saturated rings.